The van der Waals surface area contributed by atoms with Gasteiger partial charge in [-0.2, -0.15) is 16.8 Å². The minimum atomic E-state index is -4.60. The van der Waals surface area contributed by atoms with E-state index < -0.39 is 42.6 Å². The maximum atomic E-state index is 12.7. The lowest BCUT2D eigenvalue weighted by molar-refractivity contribution is -0.114. The number of fused-ring (bicyclic) bond motifs is 2. The molecule has 0 spiro atoms. The average Bonchev–Trinajstić information content (AvgIpc) is 3.10. The zero-order valence-electron chi connectivity index (χ0n) is 13.8. The third kappa shape index (κ3) is 2.77. The van der Waals surface area contributed by atoms with Gasteiger partial charge in [0, 0.05) is 11.8 Å². The monoisotopic (exact) mass is 424 g/mol. The lowest BCUT2D eigenvalue weighted by atomic mass is 9.93. The number of rotatable bonds is 3. The first kappa shape index (κ1) is 18.6. The van der Waals surface area contributed by atoms with Crippen LogP contribution < -0.4 is 0 Å². The minimum Gasteiger partial charge on any atom is -0.505 e. The van der Waals surface area contributed by atoms with Gasteiger partial charge in [-0.1, -0.05) is 6.07 Å². The summed E-state index contributed by atoms with van der Waals surface area (Å²) in [7, 11) is -9.05. The van der Waals surface area contributed by atoms with Crippen molar-refractivity contribution in [3.05, 3.63) is 46.6 Å². The van der Waals surface area contributed by atoms with E-state index in [1.807, 2.05) is 0 Å². The van der Waals surface area contributed by atoms with Gasteiger partial charge in [-0.25, -0.2) is 4.99 Å². The summed E-state index contributed by atoms with van der Waals surface area (Å²) in [6.07, 6.45) is 2.14. The molecule has 1 aliphatic heterocycles. The second-order valence-corrected chi connectivity index (χ2v) is 9.15. The first-order valence-corrected chi connectivity index (χ1v) is 10.7. The molecule has 2 aliphatic rings. The van der Waals surface area contributed by atoms with Crippen molar-refractivity contribution in [2.24, 2.45) is 10.9 Å². The number of carbonyl (C=O) groups is 1. The van der Waals surface area contributed by atoms with Gasteiger partial charge in [-0.3, -0.25) is 13.9 Å². The quantitative estimate of drug-likeness (QED) is 0.531. The van der Waals surface area contributed by atoms with Gasteiger partial charge in [0.05, 0.1) is 22.0 Å². The van der Waals surface area contributed by atoms with E-state index in [0.717, 1.165) is 12.1 Å². The van der Waals surface area contributed by atoms with Crippen LogP contribution >= 0.6 is 0 Å². The maximum absolute atomic E-state index is 12.7. The van der Waals surface area contributed by atoms with E-state index in [4.69, 9.17) is 0 Å². The summed E-state index contributed by atoms with van der Waals surface area (Å²) in [5.41, 5.74) is -0.218. The summed E-state index contributed by atoms with van der Waals surface area (Å²) in [5, 5.41) is 10.5. The number of benzene rings is 1. The van der Waals surface area contributed by atoms with E-state index in [2.05, 4.69) is 9.98 Å². The number of allylic oxidation sites excluding steroid dienone is 4. The fourth-order valence-electron chi connectivity index (χ4n) is 3.29. The summed E-state index contributed by atoms with van der Waals surface area (Å²) >= 11 is 0. The summed E-state index contributed by atoms with van der Waals surface area (Å²) in [6.45, 7) is 0. The van der Waals surface area contributed by atoms with E-state index in [0.29, 0.717) is 0 Å². The number of H-pyrrole nitrogens is 1. The van der Waals surface area contributed by atoms with Crippen molar-refractivity contribution in [1.82, 2.24) is 4.98 Å². The molecule has 1 aliphatic carbocycles. The molecule has 10 nitrogen and oxygen atoms in total. The number of ketones is 1. The van der Waals surface area contributed by atoms with Crippen LogP contribution in [0.5, 0.6) is 5.75 Å². The van der Waals surface area contributed by atoms with E-state index in [9.17, 15) is 35.8 Å². The van der Waals surface area contributed by atoms with Crippen LogP contribution in [0.1, 0.15) is 12.1 Å². The van der Waals surface area contributed by atoms with Crippen molar-refractivity contribution in [2.45, 2.75) is 11.3 Å². The largest absolute Gasteiger partial charge is 0.505 e. The van der Waals surface area contributed by atoms with Crippen molar-refractivity contribution in [1.29, 1.82) is 0 Å². The van der Waals surface area contributed by atoms with Crippen molar-refractivity contribution in [3.63, 3.8) is 0 Å². The number of hydrogen-bond acceptors (Lipinski definition) is 7. The van der Waals surface area contributed by atoms with Crippen LogP contribution in [0.3, 0.4) is 0 Å². The van der Waals surface area contributed by atoms with Crippen LogP contribution in [0.2, 0.25) is 0 Å². The molecule has 0 bridgehead atoms. The third-order valence-electron chi connectivity index (χ3n) is 4.61. The molecule has 0 radical (unpaired) electrons. The van der Waals surface area contributed by atoms with Crippen LogP contribution in [-0.2, 0) is 25.0 Å². The van der Waals surface area contributed by atoms with Gasteiger partial charge in [-0.05, 0) is 24.3 Å². The highest BCUT2D eigenvalue weighted by molar-refractivity contribution is 7.89. The van der Waals surface area contributed by atoms with Crippen LogP contribution in [0, 0.1) is 5.92 Å². The molecule has 0 amide bonds. The SMILES string of the molecule is O=C1C(c2[nH]c3c(S(=O)(=O)O)cccc3c2O)=NC2=CC=C(S(=O)(=O)O)CC12. The van der Waals surface area contributed by atoms with E-state index in [1.165, 1.54) is 18.2 Å². The topological polar surface area (TPSA) is 174 Å². The molecule has 1 aromatic carbocycles. The van der Waals surface area contributed by atoms with Crippen LogP contribution in [0.4, 0.5) is 0 Å². The zero-order chi connectivity index (χ0) is 20.4. The molecule has 4 rings (SSSR count). The highest BCUT2D eigenvalue weighted by atomic mass is 32.2. The van der Waals surface area contributed by atoms with Crippen molar-refractivity contribution >= 4 is 42.6 Å². The molecule has 28 heavy (non-hydrogen) atoms. The zero-order valence-corrected chi connectivity index (χ0v) is 15.5. The lowest BCUT2D eigenvalue weighted by Crippen LogP contribution is -2.22. The standard InChI is InChI=1S/C16H12N2O8S2/c19-15-8-2-1-3-11(28(24,25)26)12(8)18-14(15)13-16(20)9-6-7(27(21,22)23)4-5-10(9)17-13/h1-5,9,18-19H,6H2,(H,21,22,23)(H,24,25,26). The second-order valence-electron chi connectivity index (χ2n) is 6.28. The molecule has 12 heteroatoms. The molecule has 1 unspecified atom stereocenters. The predicted molar refractivity (Wildman–Crippen MR) is 97.1 cm³/mol. The minimum absolute atomic E-state index is 0.0567. The number of hydrogen-bond donors (Lipinski definition) is 4. The maximum Gasteiger partial charge on any atom is 0.296 e. The Bertz CT molecular complexity index is 1360. The number of aromatic nitrogens is 1. The summed E-state index contributed by atoms with van der Waals surface area (Å²) in [5.74, 6) is -1.99. The molecule has 0 saturated heterocycles. The Morgan fingerprint density at radius 1 is 1.07 bits per heavy atom. The van der Waals surface area contributed by atoms with Crippen LogP contribution in [0.25, 0.3) is 10.9 Å². The average molecular weight is 424 g/mol. The molecule has 2 heterocycles. The molecule has 0 fully saturated rings. The first-order valence-electron chi connectivity index (χ1n) is 7.81. The Morgan fingerprint density at radius 3 is 2.43 bits per heavy atom. The van der Waals surface area contributed by atoms with Crippen LogP contribution in [0.15, 0.2) is 50.8 Å². The van der Waals surface area contributed by atoms with Crippen molar-refractivity contribution in [2.75, 3.05) is 0 Å². The number of Topliss-reactive ketones (excluding diaryl/α,β-unsaturated/α-hetero) is 1. The number of nitrogens with one attached hydrogen (secondary N) is 1. The number of aromatic amines is 1. The summed E-state index contributed by atoms with van der Waals surface area (Å²) < 4.78 is 64.3. The van der Waals surface area contributed by atoms with E-state index in [1.54, 1.807) is 0 Å². The molecule has 0 saturated carbocycles. The Kier molecular flexibility index (Phi) is 3.88. The van der Waals surface area contributed by atoms with Gasteiger partial charge in [-0.15, -0.1) is 0 Å². The predicted octanol–water partition coefficient (Wildman–Crippen LogP) is 1.17. The Hall–Kier alpha value is -2.80. The summed E-state index contributed by atoms with van der Waals surface area (Å²) in [4.78, 5) is 18.7. The number of carbonyl (C=O) groups excluding carboxylic acids is 1. The molecule has 4 N–H and O–H groups in total. The van der Waals surface area contributed by atoms with Gasteiger partial charge >= 0.3 is 0 Å². The Morgan fingerprint density at radius 2 is 1.79 bits per heavy atom. The molecule has 1 aromatic heterocycles. The van der Waals surface area contributed by atoms with E-state index in [-0.39, 0.29) is 39.3 Å². The number of aromatic hydroxyl groups is 1. The van der Waals surface area contributed by atoms with Crippen molar-refractivity contribution in [3.8, 4) is 5.75 Å². The van der Waals surface area contributed by atoms with Gasteiger partial charge in [0.1, 0.15) is 16.3 Å². The molecular formula is C16H12N2O8S2. The fourth-order valence-corrected chi connectivity index (χ4v) is 4.58. The summed E-state index contributed by atoms with van der Waals surface area (Å²) in [6, 6.07) is 3.83. The number of aliphatic imine (C=N–C) groups is 1. The van der Waals surface area contributed by atoms with Gasteiger partial charge in [0.2, 0.25) is 0 Å². The molecular weight excluding hydrogens is 412 g/mol. The van der Waals surface area contributed by atoms with Gasteiger partial charge in [0.25, 0.3) is 20.2 Å². The number of para-hydroxylation sites is 1. The molecule has 1 atom stereocenters. The third-order valence-corrected chi connectivity index (χ3v) is 6.47. The lowest BCUT2D eigenvalue weighted by Gasteiger charge is -2.14. The first-order chi connectivity index (χ1) is 13.0. The number of nitrogens with zero attached hydrogens (tertiary/aromatic N) is 1. The molecule has 146 valence electrons. The Balaban J connectivity index is 1.86. The Labute approximate surface area is 158 Å². The molecule has 2 aromatic rings. The van der Waals surface area contributed by atoms with Gasteiger partial charge in [0.15, 0.2) is 11.5 Å². The fraction of sp³-hybridized carbons (Fsp3) is 0.125. The highest BCUT2D eigenvalue weighted by Crippen LogP contribution is 2.39. The van der Waals surface area contributed by atoms with E-state index >= 15 is 0 Å². The smallest absolute Gasteiger partial charge is 0.296 e. The second kappa shape index (κ2) is 5.85. The van der Waals surface area contributed by atoms with Crippen LogP contribution in [-0.4, -0.2) is 47.5 Å². The highest BCUT2D eigenvalue weighted by Gasteiger charge is 2.40. The van der Waals surface area contributed by atoms with Gasteiger partial charge < -0.3 is 10.1 Å². The normalized spacial score (nSPS) is 20.0. The van der Waals surface area contributed by atoms with Crippen molar-refractivity contribution < 1.29 is 35.8 Å².